The Morgan fingerprint density at radius 2 is 1.69 bits per heavy atom. The van der Waals surface area contributed by atoms with E-state index < -0.39 is 23.4 Å². The van der Waals surface area contributed by atoms with E-state index >= 15 is 0 Å². The number of para-hydroxylation sites is 1. The number of ketones is 2. The standard InChI is InChI=1S/C35H27ClN2O4/c1-20-10-16-28-22(18-20)13-17-29-35(26-8-3-4-9-27(26)37-34(35)41)30(32(39)23-6-5-7-25(19-23)42-2)31(38(28)29)33(40)21-11-14-24(36)15-12-21/h3-19,29-31H,1-2H3,(H,37,41)/t29-,30+,31-,35-/m1/s1. The van der Waals surface area contributed by atoms with Crippen LogP contribution in [0.2, 0.25) is 5.02 Å². The molecular formula is C35H27ClN2O4. The highest BCUT2D eigenvalue weighted by atomic mass is 35.5. The number of halogens is 1. The number of nitrogens with one attached hydrogen (secondary N) is 1. The molecule has 4 aromatic carbocycles. The molecule has 4 aromatic rings. The van der Waals surface area contributed by atoms with Crippen LogP contribution >= 0.6 is 11.6 Å². The minimum absolute atomic E-state index is 0.256. The zero-order valence-corrected chi connectivity index (χ0v) is 23.8. The van der Waals surface area contributed by atoms with Crippen LogP contribution in [0.4, 0.5) is 11.4 Å². The van der Waals surface area contributed by atoms with Gasteiger partial charge < -0.3 is 15.0 Å². The van der Waals surface area contributed by atoms with Crippen molar-refractivity contribution < 1.29 is 19.1 Å². The van der Waals surface area contributed by atoms with Crippen LogP contribution in [-0.4, -0.2) is 36.7 Å². The zero-order chi connectivity index (χ0) is 29.2. The number of carbonyl (C=O) groups is 3. The van der Waals surface area contributed by atoms with Crippen LogP contribution in [0.5, 0.6) is 5.75 Å². The SMILES string of the molecule is COc1cccc(C(=O)[C@@H]2[C@H](C(=O)c3ccc(Cl)cc3)N3c4ccc(C)cc4C=C[C@@H]3[C@@]23C(=O)Nc2ccccc23)c1. The van der Waals surface area contributed by atoms with E-state index in [9.17, 15) is 14.4 Å². The highest BCUT2D eigenvalue weighted by Gasteiger charge is 2.70. The molecule has 0 bridgehead atoms. The number of amides is 1. The molecule has 0 aromatic heterocycles. The van der Waals surface area contributed by atoms with Crippen LogP contribution in [-0.2, 0) is 10.2 Å². The van der Waals surface area contributed by atoms with E-state index in [0.717, 1.165) is 16.8 Å². The lowest BCUT2D eigenvalue weighted by atomic mass is 9.64. The van der Waals surface area contributed by atoms with Crippen LogP contribution < -0.4 is 15.0 Å². The molecule has 1 spiro atoms. The molecule has 0 aliphatic carbocycles. The second-order valence-corrected chi connectivity index (χ2v) is 11.5. The van der Waals surface area contributed by atoms with Gasteiger partial charge in [-0.1, -0.05) is 65.7 Å². The molecule has 0 unspecified atom stereocenters. The number of methoxy groups -OCH3 is 1. The first-order valence-corrected chi connectivity index (χ1v) is 14.2. The summed E-state index contributed by atoms with van der Waals surface area (Å²) in [4.78, 5) is 46.0. The Morgan fingerprint density at radius 1 is 0.905 bits per heavy atom. The molecule has 42 heavy (non-hydrogen) atoms. The molecule has 208 valence electrons. The van der Waals surface area contributed by atoms with Gasteiger partial charge in [0.25, 0.3) is 0 Å². The van der Waals surface area contributed by atoms with Gasteiger partial charge in [-0.25, -0.2) is 0 Å². The third-order valence-corrected chi connectivity index (χ3v) is 9.07. The lowest BCUT2D eigenvalue weighted by Gasteiger charge is -2.37. The third kappa shape index (κ3) is 3.68. The van der Waals surface area contributed by atoms with Crippen molar-refractivity contribution >= 4 is 46.5 Å². The Labute approximate surface area is 248 Å². The lowest BCUT2D eigenvalue weighted by molar-refractivity contribution is -0.121. The van der Waals surface area contributed by atoms with E-state index in [-0.39, 0.29) is 17.5 Å². The van der Waals surface area contributed by atoms with E-state index in [1.807, 2.05) is 60.4 Å². The summed E-state index contributed by atoms with van der Waals surface area (Å²) >= 11 is 6.18. The van der Waals surface area contributed by atoms with E-state index in [1.165, 1.54) is 7.11 Å². The lowest BCUT2D eigenvalue weighted by Crippen LogP contribution is -2.51. The number of rotatable bonds is 5. The summed E-state index contributed by atoms with van der Waals surface area (Å²) in [5.41, 5.74) is 3.57. The molecule has 1 N–H and O–H groups in total. The zero-order valence-electron chi connectivity index (χ0n) is 23.0. The largest absolute Gasteiger partial charge is 0.497 e. The van der Waals surface area contributed by atoms with Crippen molar-refractivity contribution in [3.8, 4) is 5.75 Å². The Bertz CT molecular complexity index is 1810. The first-order chi connectivity index (χ1) is 20.3. The number of hydrogen-bond donors (Lipinski definition) is 1. The molecule has 3 aliphatic rings. The van der Waals surface area contributed by atoms with Gasteiger partial charge in [-0.15, -0.1) is 0 Å². The molecule has 3 heterocycles. The van der Waals surface area contributed by atoms with Gasteiger partial charge >= 0.3 is 0 Å². The highest BCUT2D eigenvalue weighted by molar-refractivity contribution is 6.30. The summed E-state index contributed by atoms with van der Waals surface area (Å²) in [6, 6.07) is 25.5. The van der Waals surface area contributed by atoms with E-state index in [1.54, 1.807) is 48.5 Å². The average molecular weight is 575 g/mol. The number of carbonyl (C=O) groups excluding carboxylic acids is 3. The molecular weight excluding hydrogens is 548 g/mol. The highest BCUT2D eigenvalue weighted by Crippen LogP contribution is 2.58. The molecule has 1 fully saturated rings. The van der Waals surface area contributed by atoms with Crippen molar-refractivity contribution in [3.05, 3.63) is 130 Å². The number of hydrogen-bond acceptors (Lipinski definition) is 5. The predicted octanol–water partition coefficient (Wildman–Crippen LogP) is 6.51. The van der Waals surface area contributed by atoms with E-state index in [4.69, 9.17) is 16.3 Å². The maximum atomic E-state index is 14.9. The van der Waals surface area contributed by atoms with Crippen molar-refractivity contribution in [3.63, 3.8) is 0 Å². The molecule has 1 amide bonds. The second kappa shape index (κ2) is 9.71. The number of anilines is 2. The van der Waals surface area contributed by atoms with Crippen molar-refractivity contribution in [1.82, 2.24) is 0 Å². The summed E-state index contributed by atoms with van der Waals surface area (Å²) in [5, 5.41) is 3.56. The number of benzene rings is 4. The third-order valence-electron chi connectivity index (χ3n) is 8.82. The smallest absolute Gasteiger partial charge is 0.238 e. The van der Waals surface area contributed by atoms with Gasteiger partial charge in [0.2, 0.25) is 5.91 Å². The molecule has 7 rings (SSSR count). The minimum Gasteiger partial charge on any atom is -0.497 e. The molecule has 4 atom stereocenters. The summed E-state index contributed by atoms with van der Waals surface area (Å²) in [6.07, 6.45) is 3.98. The topological polar surface area (TPSA) is 75.7 Å². The van der Waals surface area contributed by atoms with Gasteiger partial charge in [-0.05, 0) is 72.6 Å². The number of ether oxygens (including phenoxy) is 1. The molecule has 3 aliphatic heterocycles. The second-order valence-electron chi connectivity index (χ2n) is 11.0. The first-order valence-electron chi connectivity index (χ1n) is 13.8. The predicted molar refractivity (Wildman–Crippen MR) is 164 cm³/mol. The number of nitrogens with zero attached hydrogens (tertiary/aromatic N) is 1. The van der Waals surface area contributed by atoms with Crippen LogP contribution in [0.3, 0.4) is 0 Å². The minimum atomic E-state index is -1.37. The van der Waals surface area contributed by atoms with E-state index in [0.29, 0.717) is 33.1 Å². The van der Waals surface area contributed by atoms with Crippen molar-refractivity contribution in [2.75, 3.05) is 17.3 Å². The first kappa shape index (κ1) is 26.2. The molecule has 1 saturated heterocycles. The normalized spacial score (nSPS) is 23.3. The molecule has 0 radical (unpaired) electrons. The van der Waals surface area contributed by atoms with Gasteiger partial charge in [0, 0.05) is 27.5 Å². The van der Waals surface area contributed by atoms with Gasteiger partial charge in [0.1, 0.15) is 17.2 Å². The average Bonchev–Trinajstić information content (AvgIpc) is 3.49. The number of Topliss-reactive ketones (excluding diaryl/α,β-unsaturated/α-hetero) is 2. The molecule has 0 saturated carbocycles. The summed E-state index contributed by atoms with van der Waals surface area (Å²) in [6.45, 7) is 2.01. The summed E-state index contributed by atoms with van der Waals surface area (Å²) in [7, 11) is 1.54. The van der Waals surface area contributed by atoms with Crippen molar-refractivity contribution in [2.24, 2.45) is 5.92 Å². The quantitative estimate of drug-likeness (QED) is 0.275. The summed E-state index contributed by atoms with van der Waals surface area (Å²) < 4.78 is 5.44. The van der Waals surface area contributed by atoms with E-state index in [2.05, 4.69) is 11.4 Å². The monoisotopic (exact) mass is 574 g/mol. The Balaban J connectivity index is 1.53. The van der Waals surface area contributed by atoms with Gasteiger partial charge in [0.15, 0.2) is 11.6 Å². The summed E-state index contributed by atoms with van der Waals surface area (Å²) in [5.74, 6) is -1.40. The number of aryl methyl sites for hydroxylation is 1. The number of fused-ring (bicyclic) bond motifs is 6. The fourth-order valence-electron chi connectivity index (χ4n) is 7.04. The van der Waals surface area contributed by atoms with Crippen LogP contribution in [0.25, 0.3) is 6.08 Å². The van der Waals surface area contributed by atoms with Gasteiger partial charge in [-0.2, -0.15) is 0 Å². The van der Waals surface area contributed by atoms with Gasteiger partial charge in [0.05, 0.1) is 19.1 Å². The molecule has 7 heteroatoms. The maximum absolute atomic E-state index is 14.9. The maximum Gasteiger partial charge on any atom is 0.238 e. The Hall–Kier alpha value is -4.68. The van der Waals surface area contributed by atoms with Crippen molar-refractivity contribution in [2.45, 2.75) is 24.4 Å². The van der Waals surface area contributed by atoms with Crippen LogP contribution in [0.15, 0.2) is 97.1 Å². The van der Waals surface area contributed by atoms with Crippen LogP contribution in [0, 0.1) is 12.8 Å². The Morgan fingerprint density at radius 3 is 2.48 bits per heavy atom. The van der Waals surface area contributed by atoms with Crippen molar-refractivity contribution in [1.29, 1.82) is 0 Å². The fourth-order valence-corrected chi connectivity index (χ4v) is 7.17. The van der Waals surface area contributed by atoms with Gasteiger partial charge in [-0.3, -0.25) is 14.4 Å². The Kier molecular flexibility index (Phi) is 6.06. The fraction of sp³-hybridized carbons (Fsp3) is 0.171. The molecule has 6 nitrogen and oxygen atoms in total. The van der Waals surface area contributed by atoms with Crippen LogP contribution in [0.1, 0.15) is 37.4 Å².